The number of nitrogens with zero attached hydrogens (tertiary/aromatic N) is 5. The first-order valence-electron chi connectivity index (χ1n) is 8.95. The van der Waals surface area contributed by atoms with Gasteiger partial charge in [0, 0.05) is 11.4 Å². The molecule has 0 radical (unpaired) electrons. The Morgan fingerprint density at radius 3 is 2.75 bits per heavy atom. The number of ether oxygens (including phenoxy) is 2. The minimum absolute atomic E-state index is 0.212. The molecule has 28 heavy (non-hydrogen) atoms. The number of para-hydroxylation sites is 2. The Balaban J connectivity index is 1.34. The third kappa shape index (κ3) is 4.08. The summed E-state index contributed by atoms with van der Waals surface area (Å²) in [5.74, 6) is 1.65. The molecule has 1 atom stereocenters. The van der Waals surface area contributed by atoms with Crippen molar-refractivity contribution in [3.63, 3.8) is 0 Å². The number of rotatable bonds is 5. The van der Waals surface area contributed by atoms with Gasteiger partial charge in [0.1, 0.15) is 12.4 Å². The van der Waals surface area contributed by atoms with E-state index >= 15 is 0 Å². The molecular formula is C19H20N6O3. The number of hydrogen-bond acceptors (Lipinski definition) is 7. The fraction of sp³-hybridized carbons (Fsp3) is 0.316. The van der Waals surface area contributed by atoms with Crippen molar-refractivity contribution in [1.82, 2.24) is 30.3 Å². The zero-order chi connectivity index (χ0) is 19.5. The SMILES string of the molecule is Cc1cc(C)nc(CNC(=O)c2cn(C[C@H]3COc4ccccc4O3)nn2)n1. The molecule has 3 heterocycles. The molecule has 0 bridgehead atoms. The highest BCUT2D eigenvalue weighted by atomic mass is 16.6. The minimum atomic E-state index is -0.333. The lowest BCUT2D eigenvalue weighted by atomic mass is 10.2. The molecule has 1 aliphatic heterocycles. The first-order chi connectivity index (χ1) is 13.6. The first kappa shape index (κ1) is 17.9. The van der Waals surface area contributed by atoms with Gasteiger partial charge in [0.05, 0.1) is 19.3 Å². The number of nitrogens with one attached hydrogen (secondary N) is 1. The quantitative estimate of drug-likeness (QED) is 0.714. The number of aryl methyl sites for hydroxylation is 2. The number of carbonyl (C=O) groups excluding carboxylic acids is 1. The molecular weight excluding hydrogens is 360 g/mol. The monoisotopic (exact) mass is 380 g/mol. The number of carbonyl (C=O) groups is 1. The zero-order valence-electron chi connectivity index (χ0n) is 15.6. The molecule has 0 spiro atoms. The van der Waals surface area contributed by atoms with Crippen molar-refractivity contribution in [2.24, 2.45) is 0 Å². The molecule has 0 unspecified atom stereocenters. The van der Waals surface area contributed by atoms with Gasteiger partial charge in [0.2, 0.25) is 0 Å². The normalized spacial score (nSPS) is 15.3. The van der Waals surface area contributed by atoms with Crippen LogP contribution < -0.4 is 14.8 Å². The number of benzene rings is 1. The van der Waals surface area contributed by atoms with Crippen LogP contribution in [0.1, 0.15) is 27.7 Å². The Kier molecular flexibility index (Phi) is 4.88. The third-order valence-corrected chi connectivity index (χ3v) is 4.17. The number of fused-ring (bicyclic) bond motifs is 1. The van der Waals surface area contributed by atoms with Crippen LogP contribution in [0.3, 0.4) is 0 Å². The summed E-state index contributed by atoms with van der Waals surface area (Å²) in [6, 6.07) is 9.39. The van der Waals surface area contributed by atoms with E-state index in [0.717, 1.165) is 17.1 Å². The lowest BCUT2D eigenvalue weighted by Crippen LogP contribution is -2.33. The standard InChI is InChI=1S/C19H20N6O3/c1-12-7-13(2)22-18(21-12)8-20-19(26)15-10-25(24-23-15)9-14-11-27-16-5-3-4-6-17(16)28-14/h3-7,10,14H,8-9,11H2,1-2H3,(H,20,26)/t14-/m0/s1. The molecule has 0 fully saturated rings. The van der Waals surface area contributed by atoms with Gasteiger partial charge >= 0.3 is 0 Å². The fourth-order valence-corrected chi connectivity index (χ4v) is 2.98. The Labute approximate surface area is 161 Å². The fourth-order valence-electron chi connectivity index (χ4n) is 2.98. The molecule has 4 rings (SSSR count). The van der Waals surface area contributed by atoms with E-state index in [1.165, 1.54) is 0 Å². The largest absolute Gasteiger partial charge is 0.486 e. The molecule has 1 aliphatic rings. The van der Waals surface area contributed by atoms with Gasteiger partial charge < -0.3 is 14.8 Å². The van der Waals surface area contributed by atoms with Gasteiger partial charge in [0.25, 0.3) is 5.91 Å². The molecule has 1 N–H and O–H groups in total. The van der Waals surface area contributed by atoms with Gasteiger partial charge in [-0.2, -0.15) is 0 Å². The van der Waals surface area contributed by atoms with Crippen molar-refractivity contribution in [3.8, 4) is 11.5 Å². The summed E-state index contributed by atoms with van der Waals surface area (Å²) in [5.41, 5.74) is 1.94. The molecule has 9 heteroatoms. The summed E-state index contributed by atoms with van der Waals surface area (Å²) in [5, 5.41) is 10.7. The highest BCUT2D eigenvalue weighted by Gasteiger charge is 2.22. The average Bonchev–Trinajstić information content (AvgIpc) is 3.14. The molecule has 9 nitrogen and oxygen atoms in total. The lowest BCUT2D eigenvalue weighted by molar-refractivity contribution is 0.0754. The van der Waals surface area contributed by atoms with Crippen LogP contribution in [0.2, 0.25) is 0 Å². The molecule has 144 valence electrons. The van der Waals surface area contributed by atoms with Gasteiger partial charge in [-0.3, -0.25) is 4.79 Å². The van der Waals surface area contributed by atoms with Crippen LogP contribution in [0.25, 0.3) is 0 Å². The topological polar surface area (TPSA) is 104 Å². The average molecular weight is 380 g/mol. The van der Waals surface area contributed by atoms with E-state index in [4.69, 9.17) is 9.47 Å². The minimum Gasteiger partial charge on any atom is -0.486 e. The van der Waals surface area contributed by atoms with Gasteiger partial charge in [-0.05, 0) is 32.0 Å². The highest BCUT2D eigenvalue weighted by molar-refractivity contribution is 5.91. The summed E-state index contributed by atoms with van der Waals surface area (Å²) in [7, 11) is 0. The Morgan fingerprint density at radius 2 is 1.96 bits per heavy atom. The molecule has 0 aliphatic carbocycles. The predicted octanol–water partition coefficient (Wildman–Crippen LogP) is 1.45. The second-order valence-electron chi connectivity index (χ2n) is 6.57. The maximum atomic E-state index is 12.3. The number of aromatic nitrogens is 5. The van der Waals surface area contributed by atoms with E-state index in [2.05, 4.69) is 25.6 Å². The van der Waals surface area contributed by atoms with Crippen LogP contribution in [0.4, 0.5) is 0 Å². The van der Waals surface area contributed by atoms with Crippen molar-refractivity contribution in [2.75, 3.05) is 6.61 Å². The molecule has 0 saturated heterocycles. The molecule has 3 aromatic rings. The zero-order valence-corrected chi connectivity index (χ0v) is 15.6. The smallest absolute Gasteiger partial charge is 0.273 e. The summed E-state index contributed by atoms with van der Waals surface area (Å²) in [6.45, 7) is 4.84. The van der Waals surface area contributed by atoms with Crippen LogP contribution in [0.5, 0.6) is 11.5 Å². The highest BCUT2D eigenvalue weighted by Crippen LogP contribution is 2.31. The van der Waals surface area contributed by atoms with E-state index < -0.39 is 0 Å². The van der Waals surface area contributed by atoms with Crippen LogP contribution in [0.15, 0.2) is 36.5 Å². The summed E-state index contributed by atoms with van der Waals surface area (Å²) < 4.78 is 13.2. The second kappa shape index (κ2) is 7.63. The molecule has 1 aromatic carbocycles. The Hall–Kier alpha value is -3.49. The van der Waals surface area contributed by atoms with Crippen LogP contribution in [-0.2, 0) is 13.1 Å². The number of amides is 1. The van der Waals surface area contributed by atoms with Gasteiger partial charge in [0.15, 0.2) is 23.3 Å². The maximum Gasteiger partial charge on any atom is 0.273 e. The Bertz CT molecular complexity index is 983. The predicted molar refractivity (Wildman–Crippen MR) is 99.1 cm³/mol. The van der Waals surface area contributed by atoms with E-state index in [0.29, 0.717) is 24.7 Å². The second-order valence-corrected chi connectivity index (χ2v) is 6.57. The van der Waals surface area contributed by atoms with Crippen LogP contribution >= 0.6 is 0 Å². The van der Waals surface area contributed by atoms with Crippen LogP contribution in [0, 0.1) is 13.8 Å². The van der Waals surface area contributed by atoms with Gasteiger partial charge in [-0.15, -0.1) is 5.10 Å². The van der Waals surface area contributed by atoms with Gasteiger partial charge in [-0.1, -0.05) is 17.3 Å². The van der Waals surface area contributed by atoms with E-state index in [1.807, 2.05) is 44.2 Å². The lowest BCUT2D eigenvalue weighted by Gasteiger charge is -2.26. The van der Waals surface area contributed by atoms with Gasteiger partial charge in [-0.25, -0.2) is 14.6 Å². The van der Waals surface area contributed by atoms with Crippen molar-refractivity contribution in [1.29, 1.82) is 0 Å². The van der Waals surface area contributed by atoms with E-state index in [1.54, 1.807) is 10.9 Å². The summed E-state index contributed by atoms with van der Waals surface area (Å²) in [4.78, 5) is 20.9. The molecule has 0 saturated carbocycles. The summed E-state index contributed by atoms with van der Waals surface area (Å²) in [6.07, 6.45) is 1.37. The van der Waals surface area contributed by atoms with Crippen LogP contribution in [-0.4, -0.2) is 43.6 Å². The summed E-state index contributed by atoms with van der Waals surface area (Å²) >= 11 is 0. The number of hydrogen-bond donors (Lipinski definition) is 1. The molecule has 1 amide bonds. The van der Waals surface area contributed by atoms with E-state index in [9.17, 15) is 4.79 Å². The maximum absolute atomic E-state index is 12.3. The van der Waals surface area contributed by atoms with Crippen molar-refractivity contribution >= 4 is 5.91 Å². The third-order valence-electron chi connectivity index (χ3n) is 4.17. The van der Waals surface area contributed by atoms with Crippen molar-refractivity contribution in [3.05, 3.63) is 59.4 Å². The first-order valence-corrected chi connectivity index (χ1v) is 8.95. The van der Waals surface area contributed by atoms with E-state index in [-0.39, 0.29) is 24.2 Å². The Morgan fingerprint density at radius 1 is 1.21 bits per heavy atom. The molecule has 2 aromatic heterocycles. The van der Waals surface area contributed by atoms with Crippen molar-refractivity contribution < 1.29 is 14.3 Å². The van der Waals surface area contributed by atoms with Crippen molar-refractivity contribution in [2.45, 2.75) is 33.0 Å².